The maximum absolute atomic E-state index is 13.8. The number of nitrogens with one attached hydrogen (secondary N) is 2. The van der Waals surface area contributed by atoms with Gasteiger partial charge in [0.2, 0.25) is 10.0 Å². The van der Waals surface area contributed by atoms with E-state index in [0.717, 1.165) is 11.0 Å². The number of nitrogens with zero attached hydrogens (tertiary/aromatic N) is 2. The second kappa shape index (κ2) is 6.05. The van der Waals surface area contributed by atoms with Crippen LogP contribution in [0.15, 0.2) is 23.1 Å². The quantitative estimate of drug-likeness (QED) is 0.758. The number of hydrogen-bond donors (Lipinski definition) is 2. The SMILES string of the molecule is Cc1n[nH]c(C)c1S(=O)(=O)NCCN1C(=O)c2cccc(F)c2C1=O. The molecule has 2 aromatic rings. The number of H-pyrrole nitrogens is 1. The molecule has 0 atom stereocenters. The molecule has 0 radical (unpaired) electrons. The predicted octanol–water partition coefficient (Wildman–Crippen LogP) is 0.740. The summed E-state index contributed by atoms with van der Waals surface area (Å²) < 4.78 is 40.7. The van der Waals surface area contributed by atoms with E-state index in [-0.39, 0.29) is 29.1 Å². The van der Waals surface area contributed by atoms with Gasteiger partial charge in [-0.2, -0.15) is 5.10 Å². The average molecular weight is 366 g/mol. The fourth-order valence-corrected chi connectivity index (χ4v) is 4.18. The first-order valence-corrected chi connectivity index (χ1v) is 8.88. The number of hydrogen-bond acceptors (Lipinski definition) is 5. The molecule has 0 bridgehead atoms. The molecule has 2 amide bonds. The third-order valence-electron chi connectivity index (χ3n) is 3.90. The summed E-state index contributed by atoms with van der Waals surface area (Å²) in [6.45, 7) is 2.72. The summed E-state index contributed by atoms with van der Waals surface area (Å²) in [5.41, 5.74) is 0.395. The van der Waals surface area contributed by atoms with E-state index < -0.39 is 27.7 Å². The van der Waals surface area contributed by atoms with E-state index in [0.29, 0.717) is 11.4 Å². The molecule has 1 aliphatic rings. The van der Waals surface area contributed by atoms with Crippen LogP contribution in [-0.4, -0.2) is 48.4 Å². The zero-order valence-corrected chi connectivity index (χ0v) is 14.3. The minimum atomic E-state index is -3.85. The number of aromatic amines is 1. The van der Waals surface area contributed by atoms with Crippen molar-refractivity contribution < 1.29 is 22.4 Å². The van der Waals surface area contributed by atoms with E-state index in [2.05, 4.69) is 14.9 Å². The average Bonchev–Trinajstić information content (AvgIpc) is 3.00. The molecule has 3 rings (SSSR count). The lowest BCUT2D eigenvalue weighted by Crippen LogP contribution is -2.38. The minimum Gasteiger partial charge on any atom is -0.281 e. The lowest BCUT2D eigenvalue weighted by molar-refractivity contribution is 0.0656. The van der Waals surface area contributed by atoms with E-state index in [1.54, 1.807) is 13.8 Å². The van der Waals surface area contributed by atoms with Crippen LogP contribution in [0, 0.1) is 19.7 Å². The monoisotopic (exact) mass is 366 g/mol. The molecule has 132 valence electrons. The van der Waals surface area contributed by atoms with Crippen LogP contribution in [0.2, 0.25) is 0 Å². The van der Waals surface area contributed by atoms with Crippen molar-refractivity contribution >= 4 is 21.8 Å². The van der Waals surface area contributed by atoms with Crippen LogP contribution < -0.4 is 4.72 Å². The topological polar surface area (TPSA) is 112 Å². The Morgan fingerprint density at radius 2 is 1.96 bits per heavy atom. The Labute approximate surface area is 143 Å². The molecule has 0 aliphatic carbocycles. The number of carbonyl (C=O) groups excluding carboxylic acids is 2. The van der Waals surface area contributed by atoms with Crippen molar-refractivity contribution in [3.63, 3.8) is 0 Å². The zero-order chi connectivity index (χ0) is 18.4. The predicted molar refractivity (Wildman–Crippen MR) is 85.0 cm³/mol. The molecule has 25 heavy (non-hydrogen) atoms. The van der Waals surface area contributed by atoms with Gasteiger partial charge in [-0.25, -0.2) is 17.5 Å². The number of sulfonamides is 1. The number of fused-ring (bicyclic) bond motifs is 1. The number of carbonyl (C=O) groups is 2. The standard InChI is InChI=1S/C15H15FN4O4S/c1-8-13(9(2)19-18-8)25(23,24)17-6-7-20-14(21)10-4-3-5-11(16)12(10)15(20)22/h3-5,17H,6-7H2,1-2H3,(H,18,19). The van der Waals surface area contributed by atoms with E-state index in [4.69, 9.17) is 0 Å². The fourth-order valence-electron chi connectivity index (χ4n) is 2.80. The molecule has 1 aromatic carbocycles. The van der Waals surface area contributed by atoms with Gasteiger partial charge in [-0.05, 0) is 26.0 Å². The van der Waals surface area contributed by atoms with Gasteiger partial charge in [-0.3, -0.25) is 19.6 Å². The molecule has 0 unspecified atom stereocenters. The fraction of sp³-hybridized carbons (Fsp3) is 0.267. The molecule has 2 heterocycles. The largest absolute Gasteiger partial charge is 0.281 e. The van der Waals surface area contributed by atoms with Gasteiger partial charge < -0.3 is 0 Å². The second-order valence-electron chi connectivity index (χ2n) is 5.59. The summed E-state index contributed by atoms with van der Waals surface area (Å²) in [6.07, 6.45) is 0. The van der Waals surface area contributed by atoms with Gasteiger partial charge in [0.1, 0.15) is 10.7 Å². The Morgan fingerprint density at radius 1 is 1.24 bits per heavy atom. The number of amides is 2. The van der Waals surface area contributed by atoms with Crippen LogP contribution >= 0.6 is 0 Å². The third-order valence-corrected chi connectivity index (χ3v) is 5.63. The summed E-state index contributed by atoms with van der Waals surface area (Å²) >= 11 is 0. The van der Waals surface area contributed by atoms with Crippen molar-refractivity contribution in [1.82, 2.24) is 19.8 Å². The van der Waals surface area contributed by atoms with Crippen molar-refractivity contribution in [1.29, 1.82) is 0 Å². The Hall–Kier alpha value is -2.59. The van der Waals surface area contributed by atoms with Crippen molar-refractivity contribution in [2.45, 2.75) is 18.7 Å². The molecule has 0 saturated heterocycles. The number of rotatable bonds is 5. The van der Waals surface area contributed by atoms with Crippen molar-refractivity contribution in [3.8, 4) is 0 Å². The van der Waals surface area contributed by atoms with Crippen LogP contribution in [-0.2, 0) is 10.0 Å². The summed E-state index contributed by atoms with van der Waals surface area (Å²) in [5, 5.41) is 6.40. The van der Waals surface area contributed by atoms with Crippen molar-refractivity contribution in [2.75, 3.05) is 13.1 Å². The van der Waals surface area contributed by atoms with Gasteiger partial charge >= 0.3 is 0 Å². The summed E-state index contributed by atoms with van der Waals surface area (Å²) in [6, 6.07) is 3.80. The molecule has 10 heteroatoms. The normalized spacial score (nSPS) is 14.3. The Kier molecular flexibility index (Phi) is 4.17. The first kappa shape index (κ1) is 17.2. The van der Waals surface area contributed by atoms with Crippen LogP contribution in [0.3, 0.4) is 0 Å². The molecular formula is C15H15FN4O4S. The van der Waals surface area contributed by atoms with E-state index in [9.17, 15) is 22.4 Å². The molecule has 8 nitrogen and oxygen atoms in total. The molecule has 0 fully saturated rings. The molecule has 1 aliphatic heterocycles. The van der Waals surface area contributed by atoms with Gasteiger partial charge in [0.05, 0.1) is 22.5 Å². The highest BCUT2D eigenvalue weighted by Crippen LogP contribution is 2.24. The summed E-state index contributed by atoms with van der Waals surface area (Å²) in [7, 11) is -3.85. The van der Waals surface area contributed by atoms with Crippen LogP contribution in [0.25, 0.3) is 0 Å². The molecule has 0 saturated carbocycles. The number of imide groups is 1. The first-order valence-electron chi connectivity index (χ1n) is 7.40. The molecule has 2 N–H and O–H groups in total. The first-order chi connectivity index (χ1) is 11.7. The highest BCUT2D eigenvalue weighted by molar-refractivity contribution is 7.89. The summed E-state index contributed by atoms with van der Waals surface area (Å²) in [4.78, 5) is 25.2. The number of halogens is 1. The van der Waals surface area contributed by atoms with Gasteiger partial charge in [0.25, 0.3) is 11.8 Å². The van der Waals surface area contributed by atoms with Crippen LogP contribution in [0.1, 0.15) is 32.1 Å². The van der Waals surface area contributed by atoms with E-state index >= 15 is 0 Å². The van der Waals surface area contributed by atoms with Crippen molar-refractivity contribution in [3.05, 3.63) is 46.5 Å². The third kappa shape index (κ3) is 2.83. The lowest BCUT2D eigenvalue weighted by atomic mass is 10.1. The van der Waals surface area contributed by atoms with Crippen molar-refractivity contribution in [2.24, 2.45) is 0 Å². The number of aryl methyl sites for hydroxylation is 2. The lowest BCUT2D eigenvalue weighted by Gasteiger charge is -2.14. The minimum absolute atomic E-state index is 0.0191. The number of aromatic nitrogens is 2. The van der Waals surface area contributed by atoms with E-state index in [1.165, 1.54) is 12.1 Å². The van der Waals surface area contributed by atoms with Gasteiger partial charge in [-0.15, -0.1) is 0 Å². The maximum atomic E-state index is 13.8. The Morgan fingerprint density at radius 3 is 2.56 bits per heavy atom. The molecule has 0 spiro atoms. The van der Waals surface area contributed by atoms with Crippen LogP contribution in [0.5, 0.6) is 0 Å². The van der Waals surface area contributed by atoms with Gasteiger partial charge in [-0.1, -0.05) is 6.07 Å². The highest BCUT2D eigenvalue weighted by atomic mass is 32.2. The van der Waals surface area contributed by atoms with Gasteiger partial charge in [0.15, 0.2) is 0 Å². The van der Waals surface area contributed by atoms with Crippen LogP contribution in [0.4, 0.5) is 4.39 Å². The van der Waals surface area contributed by atoms with Gasteiger partial charge in [0, 0.05) is 13.1 Å². The van der Waals surface area contributed by atoms with E-state index in [1.807, 2.05) is 0 Å². The molecular weight excluding hydrogens is 351 g/mol. The second-order valence-corrected chi connectivity index (χ2v) is 7.29. The maximum Gasteiger partial charge on any atom is 0.264 e. The zero-order valence-electron chi connectivity index (χ0n) is 13.5. The summed E-state index contributed by atoms with van der Waals surface area (Å²) in [5.74, 6) is -2.19. The molecule has 1 aromatic heterocycles. The highest BCUT2D eigenvalue weighted by Gasteiger charge is 2.37. The smallest absolute Gasteiger partial charge is 0.264 e. The number of benzene rings is 1. The Bertz CT molecular complexity index is 964. The Balaban J connectivity index is 1.73.